The normalized spacial score (nSPS) is 16.3. The van der Waals surface area contributed by atoms with Crippen LogP contribution in [0, 0.1) is 5.92 Å². The van der Waals surface area contributed by atoms with Gasteiger partial charge in [0.2, 0.25) is 11.8 Å². The monoisotopic (exact) mass is 443 g/mol. The summed E-state index contributed by atoms with van der Waals surface area (Å²) >= 11 is 0. The molecular weight excluding hydrogens is 414 g/mol. The van der Waals surface area contributed by atoms with Crippen molar-refractivity contribution in [3.05, 3.63) is 71.9 Å². The number of nitrogens with one attached hydrogen (secondary N) is 1. The zero-order valence-electron chi connectivity index (χ0n) is 18.9. The van der Waals surface area contributed by atoms with Crippen molar-refractivity contribution in [1.29, 1.82) is 0 Å². The van der Waals surface area contributed by atoms with Crippen LogP contribution < -0.4 is 15.0 Å². The van der Waals surface area contributed by atoms with Crippen molar-refractivity contribution in [2.75, 3.05) is 29.9 Å². The molecule has 0 atom stereocenters. The number of nitrogens with zero attached hydrogens (tertiary/aromatic N) is 4. The van der Waals surface area contributed by atoms with E-state index in [1.165, 1.54) is 0 Å². The first-order chi connectivity index (χ1) is 16.2. The van der Waals surface area contributed by atoms with Crippen LogP contribution in [-0.4, -0.2) is 40.5 Å². The number of rotatable bonds is 4. The number of hydrogen-bond acceptors (Lipinski definition) is 5. The lowest BCUT2D eigenvalue weighted by atomic mass is 9.99. The number of hydrogen-bond donors (Lipinski definition) is 1. The molecule has 1 saturated heterocycles. The van der Waals surface area contributed by atoms with E-state index in [1.807, 2.05) is 60.7 Å². The van der Waals surface area contributed by atoms with Gasteiger partial charge in [0.15, 0.2) is 0 Å². The summed E-state index contributed by atoms with van der Waals surface area (Å²) in [6.45, 7) is 5.22. The highest BCUT2D eigenvalue weighted by Crippen LogP contribution is 2.32. The minimum atomic E-state index is -0.133. The molecule has 170 valence electrons. The summed E-state index contributed by atoms with van der Waals surface area (Å²) in [6, 6.07) is 19.0. The highest BCUT2D eigenvalue weighted by Gasteiger charge is 2.28. The molecule has 0 bridgehead atoms. The average molecular weight is 444 g/mol. The Labute approximate surface area is 194 Å². The number of ether oxygens (including phenoxy) is 1. The maximum atomic E-state index is 12.9. The number of anilines is 2. The van der Waals surface area contributed by atoms with E-state index in [0.717, 1.165) is 60.5 Å². The first kappa shape index (κ1) is 21.2. The van der Waals surface area contributed by atoms with Crippen LogP contribution in [0.2, 0.25) is 0 Å². The number of urea groups is 1. The number of amides is 2. The van der Waals surface area contributed by atoms with Gasteiger partial charge < -0.3 is 19.9 Å². The second kappa shape index (κ2) is 9.48. The molecule has 3 heterocycles. The van der Waals surface area contributed by atoms with Crippen molar-refractivity contribution in [2.45, 2.75) is 32.7 Å². The van der Waals surface area contributed by atoms with Gasteiger partial charge in [-0.2, -0.15) is 4.98 Å². The Morgan fingerprint density at radius 3 is 2.39 bits per heavy atom. The first-order valence-corrected chi connectivity index (χ1v) is 11.6. The smallest absolute Gasteiger partial charge is 0.322 e. The Kier molecular flexibility index (Phi) is 6.11. The summed E-state index contributed by atoms with van der Waals surface area (Å²) in [6.07, 6.45) is 2.95. The van der Waals surface area contributed by atoms with Crippen LogP contribution in [0.25, 0.3) is 0 Å². The number of fused-ring (bicyclic) bond motifs is 1. The van der Waals surface area contributed by atoms with Gasteiger partial charge in [0.05, 0.1) is 17.8 Å². The summed E-state index contributed by atoms with van der Waals surface area (Å²) < 4.78 is 6.24. The van der Waals surface area contributed by atoms with E-state index in [4.69, 9.17) is 14.7 Å². The summed E-state index contributed by atoms with van der Waals surface area (Å²) in [7, 11) is 0. The molecule has 0 spiro atoms. The molecule has 3 aromatic rings. The Balaban J connectivity index is 1.42. The number of carbonyl (C=O) groups is 1. The number of carbonyl (C=O) groups excluding carboxylic acids is 1. The van der Waals surface area contributed by atoms with Crippen LogP contribution in [0.3, 0.4) is 0 Å². The minimum absolute atomic E-state index is 0.133. The van der Waals surface area contributed by atoms with E-state index in [-0.39, 0.29) is 6.03 Å². The molecule has 2 amide bonds. The third kappa shape index (κ3) is 4.92. The van der Waals surface area contributed by atoms with Crippen LogP contribution in [0.5, 0.6) is 11.6 Å². The van der Waals surface area contributed by atoms with Gasteiger partial charge in [0.25, 0.3) is 0 Å². The zero-order valence-corrected chi connectivity index (χ0v) is 18.9. The van der Waals surface area contributed by atoms with Gasteiger partial charge >= 0.3 is 6.03 Å². The Morgan fingerprint density at radius 1 is 0.970 bits per heavy atom. The summed E-state index contributed by atoms with van der Waals surface area (Å²) in [5.74, 6) is 2.73. The lowest BCUT2D eigenvalue weighted by Gasteiger charge is -2.33. The zero-order chi connectivity index (χ0) is 22.6. The summed E-state index contributed by atoms with van der Waals surface area (Å²) in [5, 5.41) is 2.98. The molecule has 1 fully saturated rings. The SMILES string of the molecule is CC1CCN(c2nc3c(c(Oc4ccccc4)n2)CN(C(=O)Nc2ccccc2)CC3)CC1. The van der Waals surface area contributed by atoms with Gasteiger partial charge in [-0.1, -0.05) is 43.3 Å². The molecule has 0 aliphatic carbocycles. The molecule has 0 saturated carbocycles. The lowest BCUT2D eigenvalue weighted by Crippen LogP contribution is -2.40. The fourth-order valence-corrected chi connectivity index (χ4v) is 4.30. The molecule has 5 rings (SSSR count). The van der Waals surface area contributed by atoms with E-state index >= 15 is 0 Å². The minimum Gasteiger partial charge on any atom is -0.438 e. The molecule has 2 aliphatic heterocycles. The fourth-order valence-electron chi connectivity index (χ4n) is 4.30. The first-order valence-electron chi connectivity index (χ1n) is 11.6. The second-order valence-electron chi connectivity index (χ2n) is 8.81. The molecule has 2 aromatic carbocycles. The summed E-state index contributed by atoms with van der Waals surface area (Å²) in [4.78, 5) is 26.7. The van der Waals surface area contributed by atoms with Crippen LogP contribution in [0.15, 0.2) is 60.7 Å². The Morgan fingerprint density at radius 2 is 1.67 bits per heavy atom. The van der Waals surface area contributed by atoms with E-state index in [2.05, 4.69) is 17.1 Å². The predicted molar refractivity (Wildman–Crippen MR) is 129 cm³/mol. The Hall–Kier alpha value is -3.61. The number of benzene rings is 2. The van der Waals surface area contributed by atoms with Gasteiger partial charge in [-0.3, -0.25) is 0 Å². The topological polar surface area (TPSA) is 70.6 Å². The van der Waals surface area contributed by atoms with Crippen LogP contribution in [-0.2, 0) is 13.0 Å². The molecule has 0 radical (unpaired) electrons. The standard InChI is InChI=1S/C26H29N5O2/c1-19-12-15-30(16-13-19)25-28-23-14-17-31(26(32)27-20-8-4-2-5-9-20)18-22(23)24(29-25)33-21-10-6-3-7-11-21/h2-11,19H,12-18H2,1H3,(H,27,32). The van der Waals surface area contributed by atoms with E-state index < -0.39 is 0 Å². The molecular formula is C26H29N5O2. The van der Waals surface area contributed by atoms with E-state index in [9.17, 15) is 4.79 Å². The Bertz CT molecular complexity index is 1100. The highest BCUT2D eigenvalue weighted by molar-refractivity contribution is 5.89. The van der Waals surface area contributed by atoms with Crippen molar-refractivity contribution >= 4 is 17.7 Å². The third-order valence-electron chi connectivity index (χ3n) is 6.35. The van der Waals surface area contributed by atoms with Crippen molar-refractivity contribution < 1.29 is 9.53 Å². The number of piperidine rings is 1. The molecule has 2 aliphatic rings. The molecule has 0 unspecified atom stereocenters. The van der Waals surface area contributed by atoms with Crippen LogP contribution in [0.4, 0.5) is 16.4 Å². The fraction of sp³-hybridized carbons (Fsp3) is 0.346. The largest absolute Gasteiger partial charge is 0.438 e. The second-order valence-corrected chi connectivity index (χ2v) is 8.81. The van der Waals surface area contributed by atoms with Crippen molar-refractivity contribution in [3.8, 4) is 11.6 Å². The summed E-state index contributed by atoms with van der Waals surface area (Å²) in [5.41, 5.74) is 2.62. The van der Waals surface area contributed by atoms with Gasteiger partial charge in [0.1, 0.15) is 5.75 Å². The maximum Gasteiger partial charge on any atom is 0.322 e. The molecule has 7 heteroatoms. The van der Waals surface area contributed by atoms with Crippen molar-refractivity contribution in [3.63, 3.8) is 0 Å². The number of aromatic nitrogens is 2. The van der Waals surface area contributed by atoms with Gasteiger partial charge in [0, 0.05) is 31.7 Å². The highest BCUT2D eigenvalue weighted by atomic mass is 16.5. The third-order valence-corrected chi connectivity index (χ3v) is 6.35. The van der Waals surface area contributed by atoms with Gasteiger partial charge in [-0.05, 0) is 43.0 Å². The van der Waals surface area contributed by atoms with Crippen molar-refractivity contribution in [1.82, 2.24) is 14.9 Å². The molecule has 7 nitrogen and oxygen atoms in total. The molecule has 1 N–H and O–H groups in total. The van der Waals surface area contributed by atoms with E-state index in [1.54, 1.807) is 4.90 Å². The maximum absolute atomic E-state index is 12.9. The molecule has 33 heavy (non-hydrogen) atoms. The quantitative estimate of drug-likeness (QED) is 0.608. The van der Waals surface area contributed by atoms with E-state index in [0.29, 0.717) is 25.4 Å². The molecule has 1 aromatic heterocycles. The predicted octanol–water partition coefficient (Wildman–Crippen LogP) is 5.10. The average Bonchev–Trinajstić information content (AvgIpc) is 2.85. The van der Waals surface area contributed by atoms with Gasteiger partial charge in [-0.15, -0.1) is 0 Å². The van der Waals surface area contributed by atoms with Gasteiger partial charge in [-0.25, -0.2) is 9.78 Å². The lowest BCUT2D eigenvalue weighted by molar-refractivity contribution is 0.205. The number of para-hydroxylation sites is 2. The van der Waals surface area contributed by atoms with Crippen LogP contribution >= 0.6 is 0 Å². The van der Waals surface area contributed by atoms with Crippen LogP contribution in [0.1, 0.15) is 31.0 Å². The van der Waals surface area contributed by atoms with Crippen molar-refractivity contribution in [2.24, 2.45) is 5.92 Å².